The summed E-state index contributed by atoms with van der Waals surface area (Å²) in [6.45, 7) is 2.46. The maximum Gasteiger partial charge on any atom is 0.230 e. The fraction of sp³-hybridized carbons (Fsp3) is 0.130. The van der Waals surface area contributed by atoms with E-state index >= 15 is 0 Å². The van der Waals surface area contributed by atoms with Crippen LogP contribution >= 0.6 is 11.6 Å². The lowest BCUT2D eigenvalue weighted by Gasteiger charge is -2.08. The number of aryl methyl sites for hydroxylation is 1. The minimum atomic E-state index is -0.110. The monoisotopic (exact) mass is 405 g/mol. The second-order valence-corrected chi connectivity index (χ2v) is 7.26. The van der Waals surface area contributed by atoms with E-state index in [-0.39, 0.29) is 12.3 Å². The second kappa shape index (κ2) is 8.37. The van der Waals surface area contributed by atoms with Crippen molar-refractivity contribution >= 4 is 28.8 Å². The molecule has 5 nitrogen and oxygen atoms in total. The molecule has 2 aromatic carbocycles. The Hall–Kier alpha value is -3.31. The van der Waals surface area contributed by atoms with Gasteiger partial charge in [-0.05, 0) is 60.5 Å². The molecular weight excluding hydrogens is 386 g/mol. The van der Waals surface area contributed by atoms with Crippen LogP contribution in [-0.4, -0.2) is 15.3 Å². The highest BCUT2D eigenvalue weighted by Crippen LogP contribution is 2.18. The minimum absolute atomic E-state index is 0.110. The number of imidazole rings is 1. The Labute approximate surface area is 173 Å². The van der Waals surface area contributed by atoms with Crippen molar-refractivity contribution in [3.8, 4) is 5.75 Å². The van der Waals surface area contributed by atoms with Gasteiger partial charge in [-0.1, -0.05) is 29.8 Å². The zero-order chi connectivity index (χ0) is 20.2. The van der Waals surface area contributed by atoms with Crippen molar-refractivity contribution in [1.82, 2.24) is 9.38 Å². The zero-order valence-electron chi connectivity index (χ0n) is 15.9. The Bertz CT molecular complexity index is 1140. The van der Waals surface area contributed by atoms with Crippen molar-refractivity contribution in [2.24, 2.45) is 0 Å². The molecule has 146 valence electrons. The van der Waals surface area contributed by atoms with Crippen LogP contribution in [-0.2, 0) is 17.8 Å². The van der Waals surface area contributed by atoms with Crippen molar-refractivity contribution in [1.29, 1.82) is 0 Å². The van der Waals surface area contributed by atoms with Gasteiger partial charge >= 0.3 is 0 Å². The third-order valence-corrected chi connectivity index (χ3v) is 4.78. The molecule has 1 amide bonds. The number of nitrogens with zero attached hydrogens (tertiary/aromatic N) is 2. The maximum absolute atomic E-state index is 12.4. The molecule has 4 rings (SSSR count). The molecule has 0 unspecified atom stereocenters. The van der Waals surface area contributed by atoms with E-state index in [1.54, 1.807) is 0 Å². The fourth-order valence-electron chi connectivity index (χ4n) is 3.04. The molecule has 0 aliphatic rings. The molecule has 0 aliphatic heterocycles. The Morgan fingerprint density at radius 3 is 2.59 bits per heavy atom. The van der Waals surface area contributed by atoms with Gasteiger partial charge in [0.15, 0.2) is 0 Å². The average Bonchev–Trinajstić information content (AvgIpc) is 3.12. The molecule has 0 aliphatic carbocycles. The van der Waals surface area contributed by atoms with Crippen LogP contribution in [0.1, 0.15) is 16.8 Å². The number of hydrogen-bond donors (Lipinski definition) is 1. The highest BCUT2D eigenvalue weighted by molar-refractivity contribution is 6.30. The smallest absolute Gasteiger partial charge is 0.230 e. The fourth-order valence-corrected chi connectivity index (χ4v) is 3.17. The van der Waals surface area contributed by atoms with Crippen molar-refractivity contribution in [2.45, 2.75) is 20.0 Å². The first-order valence-electron chi connectivity index (χ1n) is 9.27. The van der Waals surface area contributed by atoms with Crippen LogP contribution in [0.25, 0.3) is 5.65 Å². The number of nitrogens with one attached hydrogen (secondary N) is 1. The lowest BCUT2D eigenvalue weighted by molar-refractivity contribution is -0.115. The van der Waals surface area contributed by atoms with E-state index in [1.165, 1.54) is 0 Å². The van der Waals surface area contributed by atoms with E-state index in [2.05, 4.69) is 10.3 Å². The lowest BCUT2D eigenvalue weighted by atomic mass is 10.2. The molecule has 0 saturated heterocycles. The number of rotatable bonds is 6. The Balaban J connectivity index is 1.33. The van der Waals surface area contributed by atoms with Gasteiger partial charge in [0.25, 0.3) is 0 Å². The number of amides is 1. The molecule has 0 bridgehead atoms. The van der Waals surface area contributed by atoms with Gasteiger partial charge in [-0.3, -0.25) is 4.79 Å². The first-order valence-corrected chi connectivity index (χ1v) is 9.65. The van der Waals surface area contributed by atoms with Crippen LogP contribution in [0, 0.1) is 6.92 Å². The molecule has 0 atom stereocenters. The Morgan fingerprint density at radius 2 is 1.86 bits per heavy atom. The number of hydrogen-bond acceptors (Lipinski definition) is 3. The molecule has 0 radical (unpaired) electrons. The number of fused-ring (bicyclic) bond motifs is 1. The summed E-state index contributed by atoms with van der Waals surface area (Å²) in [6.07, 6.45) is 4.03. The first kappa shape index (κ1) is 19.0. The van der Waals surface area contributed by atoms with Crippen LogP contribution in [0.4, 0.5) is 5.69 Å². The van der Waals surface area contributed by atoms with Crippen molar-refractivity contribution < 1.29 is 9.53 Å². The van der Waals surface area contributed by atoms with Gasteiger partial charge in [0.05, 0.1) is 12.1 Å². The SMILES string of the molecule is Cc1cccn2cc(CC(=O)Nc3ccc(OCc4ccc(Cl)cc4)cc3)nc12. The summed E-state index contributed by atoms with van der Waals surface area (Å²) in [5, 5.41) is 3.60. The van der Waals surface area contributed by atoms with Gasteiger partial charge in [0.2, 0.25) is 5.91 Å². The number of carbonyl (C=O) groups is 1. The molecule has 2 aromatic heterocycles. The predicted octanol–water partition coefficient (Wildman–Crippen LogP) is 5.06. The number of ether oxygens (including phenoxy) is 1. The lowest BCUT2D eigenvalue weighted by Crippen LogP contribution is -2.14. The third kappa shape index (κ3) is 4.76. The standard InChI is InChI=1S/C23H20ClN3O2/c1-16-3-2-12-27-14-20(26-23(16)27)13-22(28)25-19-8-10-21(11-9-19)29-15-17-4-6-18(24)7-5-17/h2-12,14H,13,15H2,1H3,(H,25,28). The molecule has 6 heteroatoms. The summed E-state index contributed by atoms with van der Waals surface area (Å²) < 4.78 is 7.70. The van der Waals surface area contributed by atoms with E-state index in [9.17, 15) is 4.79 Å². The number of anilines is 1. The van der Waals surface area contributed by atoms with Crippen molar-refractivity contribution in [3.05, 3.63) is 94.9 Å². The van der Waals surface area contributed by atoms with Gasteiger partial charge in [-0.25, -0.2) is 4.98 Å². The van der Waals surface area contributed by atoms with E-state index in [0.717, 1.165) is 28.2 Å². The van der Waals surface area contributed by atoms with Gasteiger partial charge < -0.3 is 14.5 Å². The van der Waals surface area contributed by atoms with Gasteiger partial charge in [0, 0.05) is 23.1 Å². The molecular formula is C23H20ClN3O2. The van der Waals surface area contributed by atoms with Gasteiger partial charge in [-0.2, -0.15) is 0 Å². The zero-order valence-corrected chi connectivity index (χ0v) is 16.7. The van der Waals surface area contributed by atoms with Gasteiger partial charge in [0.1, 0.15) is 18.0 Å². The van der Waals surface area contributed by atoms with E-state index in [0.29, 0.717) is 17.3 Å². The summed E-state index contributed by atoms with van der Waals surface area (Å²) in [7, 11) is 0. The third-order valence-electron chi connectivity index (χ3n) is 4.53. The first-order chi connectivity index (χ1) is 14.1. The highest BCUT2D eigenvalue weighted by atomic mass is 35.5. The quantitative estimate of drug-likeness (QED) is 0.488. The molecule has 0 fully saturated rings. The second-order valence-electron chi connectivity index (χ2n) is 6.82. The van der Waals surface area contributed by atoms with Crippen LogP contribution in [0.2, 0.25) is 5.02 Å². The number of pyridine rings is 1. The van der Waals surface area contributed by atoms with Crippen LogP contribution in [0.3, 0.4) is 0 Å². The summed E-state index contributed by atoms with van der Waals surface area (Å²) >= 11 is 5.89. The Kier molecular flexibility index (Phi) is 5.49. The molecule has 1 N–H and O–H groups in total. The number of halogens is 1. The van der Waals surface area contributed by atoms with Crippen LogP contribution in [0.15, 0.2) is 73.1 Å². The van der Waals surface area contributed by atoms with Crippen LogP contribution < -0.4 is 10.1 Å². The maximum atomic E-state index is 12.4. The summed E-state index contributed by atoms with van der Waals surface area (Å²) in [5.74, 6) is 0.620. The number of benzene rings is 2. The molecule has 2 heterocycles. The topological polar surface area (TPSA) is 55.6 Å². The normalized spacial score (nSPS) is 10.8. The van der Waals surface area contributed by atoms with Crippen LogP contribution in [0.5, 0.6) is 5.75 Å². The summed E-state index contributed by atoms with van der Waals surface area (Å²) in [4.78, 5) is 16.9. The van der Waals surface area contributed by atoms with Crippen molar-refractivity contribution in [2.75, 3.05) is 5.32 Å². The number of aromatic nitrogens is 2. The van der Waals surface area contributed by atoms with E-state index in [1.807, 2.05) is 84.4 Å². The summed E-state index contributed by atoms with van der Waals surface area (Å²) in [6, 6.07) is 18.8. The minimum Gasteiger partial charge on any atom is -0.489 e. The molecule has 0 saturated carbocycles. The predicted molar refractivity (Wildman–Crippen MR) is 114 cm³/mol. The molecule has 29 heavy (non-hydrogen) atoms. The highest BCUT2D eigenvalue weighted by Gasteiger charge is 2.09. The molecule has 0 spiro atoms. The Morgan fingerprint density at radius 1 is 1.10 bits per heavy atom. The van der Waals surface area contributed by atoms with Gasteiger partial charge in [-0.15, -0.1) is 0 Å². The van der Waals surface area contributed by atoms with E-state index in [4.69, 9.17) is 16.3 Å². The van der Waals surface area contributed by atoms with Crippen molar-refractivity contribution in [3.63, 3.8) is 0 Å². The summed E-state index contributed by atoms with van der Waals surface area (Å²) in [5.41, 5.74) is 4.44. The van der Waals surface area contributed by atoms with E-state index < -0.39 is 0 Å². The number of carbonyl (C=O) groups excluding carboxylic acids is 1. The average molecular weight is 406 g/mol. The largest absolute Gasteiger partial charge is 0.489 e. The molecule has 4 aromatic rings.